The Bertz CT molecular complexity index is 1350. The van der Waals surface area contributed by atoms with Crippen molar-refractivity contribution in [2.75, 3.05) is 19.8 Å². The molecule has 1 aliphatic heterocycles. The maximum absolute atomic E-state index is 12.6. The Kier molecular flexibility index (Phi) is 31.4. The first-order chi connectivity index (χ1) is 27.6. The van der Waals surface area contributed by atoms with Crippen LogP contribution in [0.1, 0.15) is 129 Å². The van der Waals surface area contributed by atoms with Crippen molar-refractivity contribution < 1.29 is 52.2 Å². The number of carboxylic acid groups (broad SMARTS) is 1. The van der Waals surface area contributed by atoms with Gasteiger partial charge in [0.15, 0.2) is 6.10 Å². The maximum atomic E-state index is 12.6. The fourth-order valence-electron chi connectivity index (χ4n) is 5.15. The van der Waals surface area contributed by atoms with Crippen molar-refractivity contribution in [3.05, 3.63) is 85.1 Å². The van der Waals surface area contributed by atoms with E-state index in [4.69, 9.17) is 29.6 Å². The molecule has 1 fully saturated rings. The second-order valence-corrected chi connectivity index (χ2v) is 15.2. The molecule has 1 rings (SSSR count). The van der Waals surface area contributed by atoms with Crippen LogP contribution in [0.25, 0.3) is 0 Å². The van der Waals surface area contributed by atoms with E-state index in [0.717, 1.165) is 64.2 Å². The predicted molar refractivity (Wildman–Crippen MR) is 225 cm³/mol. The molecule has 0 saturated carbocycles. The lowest BCUT2D eigenvalue weighted by atomic mass is 10.1. The molecule has 0 amide bonds. The van der Waals surface area contributed by atoms with Crippen LogP contribution in [-0.2, 0) is 42.2 Å². The molecular formula is C44H70NO11P. The summed E-state index contributed by atoms with van der Waals surface area (Å²) in [5.74, 6) is -2.53. The zero-order chi connectivity index (χ0) is 41.8. The van der Waals surface area contributed by atoms with E-state index in [0.29, 0.717) is 19.3 Å². The average molecular weight is 820 g/mol. The van der Waals surface area contributed by atoms with E-state index in [1.54, 1.807) is 0 Å². The van der Waals surface area contributed by atoms with Gasteiger partial charge in [0.2, 0.25) is 0 Å². The molecule has 5 atom stereocenters. The first-order valence-corrected chi connectivity index (χ1v) is 22.2. The van der Waals surface area contributed by atoms with E-state index < -0.39 is 57.7 Å². The van der Waals surface area contributed by atoms with Crippen molar-refractivity contribution in [2.24, 2.45) is 5.73 Å². The first-order valence-electron chi connectivity index (χ1n) is 20.7. The van der Waals surface area contributed by atoms with E-state index >= 15 is 0 Å². The number of ether oxygens (including phenoxy) is 3. The summed E-state index contributed by atoms with van der Waals surface area (Å²) in [5.41, 5.74) is 5.32. The molecule has 57 heavy (non-hydrogen) atoms. The molecule has 0 aliphatic carbocycles. The number of carbonyl (C=O) groups excluding carboxylic acids is 2. The number of carboxylic acids is 1. The van der Waals surface area contributed by atoms with Gasteiger partial charge in [0.25, 0.3) is 0 Å². The highest BCUT2D eigenvalue weighted by Gasteiger charge is 2.36. The highest BCUT2D eigenvalue weighted by atomic mass is 31.2. The van der Waals surface area contributed by atoms with E-state index in [-0.39, 0.29) is 25.0 Å². The molecule has 0 spiro atoms. The first kappa shape index (κ1) is 51.6. The molecule has 4 N–H and O–H groups in total. The Morgan fingerprint density at radius 1 is 0.649 bits per heavy atom. The second-order valence-electron chi connectivity index (χ2n) is 13.8. The number of hydrogen-bond donors (Lipinski definition) is 3. The predicted octanol–water partition coefficient (Wildman–Crippen LogP) is 9.71. The maximum Gasteiger partial charge on any atom is 0.472 e. The summed E-state index contributed by atoms with van der Waals surface area (Å²) in [4.78, 5) is 45.9. The summed E-state index contributed by atoms with van der Waals surface area (Å²) in [6, 6.07) is -1.54. The van der Waals surface area contributed by atoms with Gasteiger partial charge < -0.3 is 29.9 Å². The van der Waals surface area contributed by atoms with Crippen LogP contribution in [0.4, 0.5) is 0 Å². The van der Waals surface area contributed by atoms with E-state index in [1.165, 1.54) is 19.3 Å². The van der Waals surface area contributed by atoms with Gasteiger partial charge in [-0.3, -0.25) is 23.4 Å². The zero-order valence-electron chi connectivity index (χ0n) is 34.3. The van der Waals surface area contributed by atoms with Gasteiger partial charge in [0, 0.05) is 12.8 Å². The van der Waals surface area contributed by atoms with Crippen molar-refractivity contribution >= 4 is 25.7 Å². The average Bonchev–Trinajstić information content (AvgIpc) is 3.94. The van der Waals surface area contributed by atoms with Crippen LogP contribution in [0.3, 0.4) is 0 Å². The third-order valence-corrected chi connectivity index (χ3v) is 9.48. The smallest absolute Gasteiger partial charge is 0.472 e. The van der Waals surface area contributed by atoms with E-state index in [9.17, 15) is 23.8 Å². The quantitative estimate of drug-likeness (QED) is 0.0179. The summed E-state index contributed by atoms with van der Waals surface area (Å²) >= 11 is 0. The summed E-state index contributed by atoms with van der Waals surface area (Å²) < 4.78 is 38.3. The van der Waals surface area contributed by atoms with Crippen LogP contribution in [0.2, 0.25) is 0 Å². The molecule has 0 aromatic heterocycles. The number of epoxide rings is 1. The van der Waals surface area contributed by atoms with Crippen molar-refractivity contribution in [2.45, 2.75) is 154 Å². The minimum Gasteiger partial charge on any atom is -0.480 e. The second kappa shape index (κ2) is 34.6. The lowest BCUT2D eigenvalue weighted by molar-refractivity contribution is -0.161. The number of rotatable bonds is 36. The minimum atomic E-state index is -4.75. The van der Waals surface area contributed by atoms with Gasteiger partial charge in [-0.2, -0.15) is 0 Å². The summed E-state index contributed by atoms with van der Waals surface area (Å²) in [6.07, 6.45) is 44.0. The molecule has 0 aromatic carbocycles. The molecule has 3 unspecified atom stereocenters. The number of aliphatic carboxylic acids is 1. The third-order valence-electron chi connectivity index (χ3n) is 8.53. The van der Waals surface area contributed by atoms with Gasteiger partial charge in [-0.15, -0.1) is 0 Å². The van der Waals surface area contributed by atoms with Crippen LogP contribution in [0, 0.1) is 0 Å². The lowest BCUT2D eigenvalue weighted by Crippen LogP contribution is -2.34. The van der Waals surface area contributed by atoms with Crippen LogP contribution in [-0.4, -0.2) is 72.1 Å². The molecule has 13 heteroatoms. The monoisotopic (exact) mass is 819 g/mol. The third kappa shape index (κ3) is 32.3. The molecule has 0 aromatic rings. The number of carbonyl (C=O) groups is 3. The molecular weight excluding hydrogens is 749 g/mol. The van der Waals surface area contributed by atoms with Crippen molar-refractivity contribution in [3.8, 4) is 0 Å². The molecule has 12 nitrogen and oxygen atoms in total. The van der Waals surface area contributed by atoms with Crippen LogP contribution >= 0.6 is 7.82 Å². The Morgan fingerprint density at radius 2 is 1.14 bits per heavy atom. The Balaban J connectivity index is 2.40. The Morgan fingerprint density at radius 3 is 1.74 bits per heavy atom. The molecule has 0 bridgehead atoms. The summed E-state index contributed by atoms with van der Waals surface area (Å²) in [6.45, 7) is 2.52. The lowest BCUT2D eigenvalue weighted by Gasteiger charge is -2.20. The number of esters is 2. The number of nitrogens with two attached hydrogens (primary N) is 1. The van der Waals surface area contributed by atoms with Crippen LogP contribution in [0.5, 0.6) is 0 Å². The van der Waals surface area contributed by atoms with Crippen molar-refractivity contribution in [1.29, 1.82) is 0 Å². The Labute approximate surface area is 341 Å². The van der Waals surface area contributed by atoms with Crippen LogP contribution < -0.4 is 5.73 Å². The fourth-order valence-corrected chi connectivity index (χ4v) is 5.92. The van der Waals surface area contributed by atoms with Crippen molar-refractivity contribution in [1.82, 2.24) is 0 Å². The molecule has 1 saturated heterocycles. The van der Waals surface area contributed by atoms with Gasteiger partial charge in [0.1, 0.15) is 12.6 Å². The minimum absolute atomic E-state index is 0.0627. The topological polar surface area (TPSA) is 184 Å². The number of hydrogen-bond acceptors (Lipinski definition) is 10. The molecule has 1 heterocycles. The summed E-state index contributed by atoms with van der Waals surface area (Å²) in [7, 11) is -4.75. The number of unbranched alkanes of at least 4 members (excludes halogenated alkanes) is 6. The number of allylic oxidation sites excluding steroid dienone is 12. The zero-order valence-corrected chi connectivity index (χ0v) is 35.2. The van der Waals surface area contributed by atoms with Gasteiger partial charge in [-0.05, 0) is 89.9 Å². The van der Waals surface area contributed by atoms with Crippen molar-refractivity contribution in [3.63, 3.8) is 0 Å². The van der Waals surface area contributed by atoms with E-state index in [2.05, 4.69) is 91.3 Å². The van der Waals surface area contributed by atoms with E-state index in [1.807, 2.05) is 12.2 Å². The van der Waals surface area contributed by atoms with Gasteiger partial charge in [-0.1, -0.05) is 112 Å². The number of phosphoric ester groups is 1. The SMILES string of the molecule is CC/C=C\C/C=C\C/C=C\C/C=C\CCCCC(=O)OC[C@H](COP(=O)(O)OC[C@H](N)C(=O)O)OC(=O)CCC/C=C\CC1OC1C/C=C\C/C=C\CCCCC. The molecule has 322 valence electrons. The van der Waals surface area contributed by atoms with Crippen LogP contribution in [0.15, 0.2) is 85.1 Å². The molecule has 1 aliphatic rings. The standard InChI is InChI=1S/C44H70NO11P/c1-3-5-7-9-11-13-14-15-16-17-18-20-22-24-29-33-42(46)52-35-38(36-53-57(50,51)54-37-39(45)44(48)49)55-43(47)34-30-26-25-28-32-41-40(56-41)31-27-23-21-19-12-10-8-6-4-2/h5,7,11-13,15-16,18-20,23,25,27-28,38-41H,3-4,6,8-10,14,17,21-22,24,26,29-37,45H2,1-2H3,(H,48,49)(H,50,51)/b7-5-,13-11-,16-15-,19-12-,20-18-,27-23-,28-25-/t38-,39+,40?,41?/m1/s1. The summed E-state index contributed by atoms with van der Waals surface area (Å²) in [5, 5.41) is 8.88. The van der Waals surface area contributed by atoms with Gasteiger partial charge >= 0.3 is 25.7 Å². The largest absolute Gasteiger partial charge is 0.480 e. The Hall–Kier alpha value is -3.38. The fraction of sp³-hybridized carbons (Fsp3) is 0.614. The highest BCUT2D eigenvalue weighted by molar-refractivity contribution is 7.47. The normalized spacial score (nSPS) is 18.2. The molecule has 0 radical (unpaired) electrons. The number of phosphoric acid groups is 1. The highest BCUT2D eigenvalue weighted by Crippen LogP contribution is 2.43. The van der Waals surface area contributed by atoms with Gasteiger partial charge in [-0.25, -0.2) is 4.57 Å². The van der Waals surface area contributed by atoms with Gasteiger partial charge in [0.05, 0.1) is 25.4 Å².